The van der Waals surface area contributed by atoms with Gasteiger partial charge in [-0.25, -0.2) is 4.79 Å². The Morgan fingerprint density at radius 3 is 2.79 bits per heavy atom. The van der Waals surface area contributed by atoms with E-state index in [0.29, 0.717) is 5.76 Å². The predicted molar refractivity (Wildman–Crippen MR) is 84.7 cm³/mol. The van der Waals surface area contributed by atoms with Crippen LogP contribution >= 0.6 is 0 Å². The average molecular weight is 337 g/mol. The largest absolute Gasteiger partial charge is 0.467 e. The van der Waals surface area contributed by atoms with Gasteiger partial charge < -0.3 is 20.2 Å². The van der Waals surface area contributed by atoms with Crippen LogP contribution in [0.25, 0.3) is 0 Å². The lowest BCUT2D eigenvalue weighted by Gasteiger charge is -2.20. The summed E-state index contributed by atoms with van der Waals surface area (Å²) >= 11 is 0. The molecular formula is C16H23N3O5. The van der Waals surface area contributed by atoms with Crippen LogP contribution in [0.1, 0.15) is 32.4 Å². The summed E-state index contributed by atoms with van der Waals surface area (Å²) in [6.07, 6.45) is 1.78. The number of rotatable bonds is 8. The molecule has 1 aliphatic heterocycles. The number of hydrogen-bond acceptors (Lipinski definition) is 5. The quantitative estimate of drug-likeness (QED) is 0.602. The topological polar surface area (TPSA) is 112 Å². The number of carbonyl (C=O) groups is 3. The van der Waals surface area contributed by atoms with E-state index in [1.54, 1.807) is 12.1 Å². The minimum absolute atomic E-state index is 0.0697. The maximum absolute atomic E-state index is 12.3. The molecule has 2 atom stereocenters. The van der Waals surface area contributed by atoms with Gasteiger partial charge in [0.05, 0.1) is 25.5 Å². The Bertz CT molecular complexity index is 585. The number of nitrogens with one attached hydrogen (secondary N) is 2. The maximum atomic E-state index is 12.3. The molecule has 0 spiro atoms. The number of aliphatic hydroxyl groups excluding tert-OH is 1. The minimum Gasteiger partial charge on any atom is -0.467 e. The van der Waals surface area contributed by atoms with E-state index in [2.05, 4.69) is 10.6 Å². The Morgan fingerprint density at radius 1 is 1.46 bits per heavy atom. The van der Waals surface area contributed by atoms with Crippen molar-refractivity contribution in [3.63, 3.8) is 0 Å². The van der Waals surface area contributed by atoms with Crippen LogP contribution in [0, 0.1) is 5.92 Å². The zero-order chi connectivity index (χ0) is 17.7. The molecule has 0 unspecified atom stereocenters. The molecule has 1 aliphatic rings. The molecule has 1 aromatic heterocycles. The number of amides is 4. The molecule has 8 nitrogen and oxygen atoms in total. The molecule has 1 fully saturated rings. The third kappa shape index (κ3) is 4.35. The molecule has 132 valence electrons. The molecule has 0 aromatic carbocycles. The normalized spacial score (nSPS) is 18.8. The molecule has 3 N–H and O–H groups in total. The monoisotopic (exact) mass is 337 g/mol. The van der Waals surface area contributed by atoms with Crippen molar-refractivity contribution >= 4 is 17.8 Å². The van der Waals surface area contributed by atoms with Crippen molar-refractivity contribution in [2.75, 3.05) is 6.61 Å². The number of imide groups is 1. The summed E-state index contributed by atoms with van der Waals surface area (Å²) in [5, 5.41) is 14.5. The predicted octanol–water partition coefficient (Wildman–Crippen LogP) is 0.613. The van der Waals surface area contributed by atoms with E-state index in [-0.39, 0.29) is 49.8 Å². The molecule has 24 heavy (non-hydrogen) atoms. The standard InChI is InChI=1S/C16H23N3O5/c1-10(2)13(9-20)17-14(21)6-5-12-15(22)19(16(23)18-12)8-11-4-3-7-24-11/h3-4,7,10,12-13,20H,5-6,8-9H2,1-2H3,(H,17,21)(H,18,23)/t12-,13+/m1/s1. The van der Waals surface area contributed by atoms with E-state index >= 15 is 0 Å². The summed E-state index contributed by atoms with van der Waals surface area (Å²) in [5.74, 6) is -0.00350. The highest BCUT2D eigenvalue weighted by molar-refractivity contribution is 6.04. The van der Waals surface area contributed by atoms with Crippen LogP contribution in [-0.4, -0.2) is 46.5 Å². The second-order valence-corrected chi connectivity index (χ2v) is 6.15. The smallest absolute Gasteiger partial charge is 0.325 e. The Labute approximate surface area is 140 Å². The molecule has 2 heterocycles. The number of carbonyl (C=O) groups excluding carboxylic acids is 3. The summed E-state index contributed by atoms with van der Waals surface area (Å²) in [6, 6.07) is 1.84. The fourth-order valence-corrected chi connectivity index (χ4v) is 2.46. The minimum atomic E-state index is -0.718. The van der Waals surface area contributed by atoms with Gasteiger partial charge in [-0.1, -0.05) is 13.8 Å². The van der Waals surface area contributed by atoms with Crippen LogP contribution in [0.5, 0.6) is 0 Å². The summed E-state index contributed by atoms with van der Waals surface area (Å²) in [4.78, 5) is 37.2. The third-order valence-electron chi connectivity index (χ3n) is 4.01. The number of furan rings is 1. The third-order valence-corrected chi connectivity index (χ3v) is 4.01. The molecule has 0 saturated carbocycles. The summed E-state index contributed by atoms with van der Waals surface area (Å²) in [5.41, 5.74) is 0. The van der Waals surface area contributed by atoms with Gasteiger partial charge in [0.25, 0.3) is 5.91 Å². The van der Waals surface area contributed by atoms with Gasteiger partial charge in [-0.05, 0) is 24.5 Å². The number of aliphatic hydroxyl groups is 1. The molecule has 0 aliphatic carbocycles. The Hall–Kier alpha value is -2.35. The van der Waals surface area contributed by atoms with Gasteiger partial charge in [-0.15, -0.1) is 0 Å². The van der Waals surface area contributed by atoms with Gasteiger partial charge in [0.2, 0.25) is 5.91 Å². The first-order valence-corrected chi connectivity index (χ1v) is 7.96. The maximum Gasteiger partial charge on any atom is 0.325 e. The second kappa shape index (κ2) is 7.96. The molecule has 0 bridgehead atoms. The second-order valence-electron chi connectivity index (χ2n) is 6.15. The van der Waals surface area contributed by atoms with Gasteiger partial charge in [-0.3, -0.25) is 14.5 Å². The first kappa shape index (κ1) is 18.0. The average Bonchev–Trinajstić information content (AvgIpc) is 3.14. The number of hydrogen-bond donors (Lipinski definition) is 3. The zero-order valence-corrected chi connectivity index (χ0v) is 13.8. The van der Waals surface area contributed by atoms with Gasteiger partial charge in [0.15, 0.2) is 0 Å². The van der Waals surface area contributed by atoms with E-state index in [9.17, 15) is 19.5 Å². The first-order valence-electron chi connectivity index (χ1n) is 7.96. The molecule has 1 saturated heterocycles. The lowest BCUT2D eigenvalue weighted by Crippen LogP contribution is -2.42. The van der Waals surface area contributed by atoms with E-state index in [0.717, 1.165) is 4.90 Å². The Balaban J connectivity index is 1.84. The Morgan fingerprint density at radius 2 is 2.21 bits per heavy atom. The molecule has 8 heteroatoms. The van der Waals surface area contributed by atoms with Crippen LogP contribution in [0.4, 0.5) is 4.79 Å². The molecule has 0 radical (unpaired) electrons. The summed E-state index contributed by atoms with van der Waals surface area (Å²) < 4.78 is 5.14. The fourth-order valence-electron chi connectivity index (χ4n) is 2.46. The van der Waals surface area contributed by atoms with Gasteiger partial charge in [-0.2, -0.15) is 0 Å². The molecule has 4 amide bonds. The van der Waals surface area contributed by atoms with Crippen molar-refractivity contribution in [2.45, 2.75) is 45.3 Å². The van der Waals surface area contributed by atoms with Crippen molar-refractivity contribution in [1.82, 2.24) is 15.5 Å². The SMILES string of the molecule is CC(C)[C@H](CO)NC(=O)CC[C@H]1NC(=O)N(Cc2ccco2)C1=O. The molecule has 2 rings (SSSR count). The van der Waals surface area contributed by atoms with Gasteiger partial charge in [0, 0.05) is 6.42 Å². The van der Waals surface area contributed by atoms with Crippen molar-refractivity contribution < 1.29 is 23.9 Å². The first-order chi connectivity index (χ1) is 11.4. The number of nitrogens with zero attached hydrogens (tertiary/aromatic N) is 1. The van der Waals surface area contributed by atoms with E-state index in [1.165, 1.54) is 6.26 Å². The highest BCUT2D eigenvalue weighted by Crippen LogP contribution is 2.15. The van der Waals surface area contributed by atoms with Gasteiger partial charge >= 0.3 is 6.03 Å². The van der Waals surface area contributed by atoms with Crippen molar-refractivity contribution in [2.24, 2.45) is 5.92 Å². The Kier molecular flexibility index (Phi) is 5.97. The lowest BCUT2D eigenvalue weighted by molar-refractivity contribution is -0.128. The van der Waals surface area contributed by atoms with Crippen molar-refractivity contribution in [3.8, 4) is 0 Å². The zero-order valence-electron chi connectivity index (χ0n) is 13.8. The van der Waals surface area contributed by atoms with Crippen LogP contribution in [0.3, 0.4) is 0 Å². The van der Waals surface area contributed by atoms with Crippen molar-refractivity contribution in [1.29, 1.82) is 0 Å². The van der Waals surface area contributed by atoms with E-state index in [4.69, 9.17) is 4.42 Å². The highest BCUT2D eigenvalue weighted by atomic mass is 16.3. The highest BCUT2D eigenvalue weighted by Gasteiger charge is 2.38. The van der Waals surface area contributed by atoms with Crippen LogP contribution < -0.4 is 10.6 Å². The fraction of sp³-hybridized carbons (Fsp3) is 0.562. The van der Waals surface area contributed by atoms with Crippen molar-refractivity contribution in [3.05, 3.63) is 24.2 Å². The van der Waals surface area contributed by atoms with Crippen LogP contribution in [0.2, 0.25) is 0 Å². The lowest BCUT2D eigenvalue weighted by atomic mass is 10.0. The van der Waals surface area contributed by atoms with Crippen LogP contribution in [0.15, 0.2) is 22.8 Å². The molecule has 1 aromatic rings. The summed E-state index contributed by atoms with van der Waals surface area (Å²) in [6.45, 7) is 3.72. The van der Waals surface area contributed by atoms with Crippen LogP contribution in [-0.2, 0) is 16.1 Å². The molecular weight excluding hydrogens is 314 g/mol. The summed E-state index contributed by atoms with van der Waals surface area (Å²) in [7, 11) is 0. The van der Waals surface area contributed by atoms with E-state index < -0.39 is 12.1 Å². The van der Waals surface area contributed by atoms with Gasteiger partial charge in [0.1, 0.15) is 11.8 Å². The van der Waals surface area contributed by atoms with E-state index in [1.807, 2.05) is 13.8 Å². The number of urea groups is 1.